The van der Waals surface area contributed by atoms with Gasteiger partial charge < -0.3 is 14.6 Å². The van der Waals surface area contributed by atoms with E-state index in [9.17, 15) is 4.79 Å². The minimum atomic E-state index is -1.01. The van der Waals surface area contributed by atoms with Crippen molar-refractivity contribution >= 4 is 5.97 Å². The third kappa shape index (κ3) is 6.85. The van der Waals surface area contributed by atoms with Gasteiger partial charge in [0.25, 0.3) is 0 Å². The summed E-state index contributed by atoms with van der Waals surface area (Å²) >= 11 is 0. The van der Waals surface area contributed by atoms with Gasteiger partial charge in [-0.1, -0.05) is 25.5 Å². The first-order valence-corrected chi connectivity index (χ1v) is 9.79. The highest BCUT2D eigenvalue weighted by atomic mass is 16.5. The minimum absolute atomic E-state index is 0.452. The van der Waals surface area contributed by atoms with E-state index in [0.29, 0.717) is 18.1 Å². The number of aromatic nitrogens is 1. The summed E-state index contributed by atoms with van der Waals surface area (Å²) in [5, 5.41) is 9.08. The van der Waals surface area contributed by atoms with Gasteiger partial charge in [-0.15, -0.1) is 0 Å². The van der Waals surface area contributed by atoms with Crippen molar-refractivity contribution in [1.82, 2.24) is 9.88 Å². The molecular formula is C22H30N2O4. The van der Waals surface area contributed by atoms with Gasteiger partial charge in [-0.25, -0.2) is 4.79 Å². The summed E-state index contributed by atoms with van der Waals surface area (Å²) in [7, 11) is 0. The molecule has 0 aliphatic carbocycles. The molecule has 1 aromatic heterocycles. The van der Waals surface area contributed by atoms with E-state index in [0.717, 1.165) is 38.0 Å². The zero-order chi connectivity index (χ0) is 20.4. The van der Waals surface area contributed by atoms with Crippen molar-refractivity contribution in [3.05, 3.63) is 53.9 Å². The Bertz CT molecular complexity index is 737. The standard InChI is InChI=1S/C22H30N2O4/c1-4-6-12-24(16-19-8-7-11-23-14-19)15-18-9-10-20(21(13-18)27-5-2)28-17(3)22(25)26/h7-11,13-14,17H,4-6,12,15-16H2,1-3H3,(H,25,26). The maximum atomic E-state index is 11.1. The van der Waals surface area contributed by atoms with E-state index >= 15 is 0 Å². The van der Waals surface area contributed by atoms with E-state index < -0.39 is 12.1 Å². The molecule has 0 saturated heterocycles. The van der Waals surface area contributed by atoms with Crippen LogP contribution >= 0.6 is 0 Å². The Kier molecular flexibility index (Phi) is 8.75. The zero-order valence-corrected chi connectivity index (χ0v) is 16.9. The monoisotopic (exact) mass is 386 g/mol. The predicted molar refractivity (Wildman–Crippen MR) is 109 cm³/mol. The van der Waals surface area contributed by atoms with E-state index in [-0.39, 0.29) is 0 Å². The molecule has 1 heterocycles. The molecule has 1 unspecified atom stereocenters. The summed E-state index contributed by atoms with van der Waals surface area (Å²) in [4.78, 5) is 17.7. The SMILES string of the molecule is CCCCN(Cc1cccnc1)Cc1ccc(OC(C)C(=O)O)c(OCC)c1. The number of rotatable bonds is 12. The highest BCUT2D eigenvalue weighted by Crippen LogP contribution is 2.30. The summed E-state index contributed by atoms with van der Waals surface area (Å²) in [5.74, 6) is 0.0199. The number of hydrogen-bond donors (Lipinski definition) is 1. The van der Waals surface area contributed by atoms with E-state index in [1.807, 2.05) is 31.3 Å². The third-order valence-electron chi connectivity index (χ3n) is 4.32. The van der Waals surface area contributed by atoms with Crippen LogP contribution in [0.1, 0.15) is 44.7 Å². The molecule has 0 amide bonds. The fourth-order valence-corrected chi connectivity index (χ4v) is 2.86. The van der Waals surface area contributed by atoms with Gasteiger partial charge in [-0.2, -0.15) is 0 Å². The molecular weight excluding hydrogens is 356 g/mol. The number of hydrogen-bond acceptors (Lipinski definition) is 5. The predicted octanol–water partition coefficient (Wildman–Crippen LogP) is 4.13. The molecule has 1 atom stereocenters. The Hall–Kier alpha value is -2.60. The average molecular weight is 386 g/mol. The maximum absolute atomic E-state index is 11.1. The Morgan fingerprint density at radius 1 is 1.18 bits per heavy atom. The molecule has 0 aliphatic heterocycles. The molecule has 0 saturated carbocycles. The summed E-state index contributed by atoms with van der Waals surface area (Å²) in [5.41, 5.74) is 2.28. The van der Waals surface area contributed by atoms with E-state index in [2.05, 4.69) is 22.9 Å². The van der Waals surface area contributed by atoms with Crippen molar-refractivity contribution in [2.45, 2.75) is 52.8 Å². The number of carboxylic acid groups (broad SMARTS) is 1. The van der Waals surface area contributed by atoms with Gasteiger partial charge in [0.05, 0.1) is 6.61 Å². The number of carboxylic acids is 1. The molecule has 1 aromatic carbocycles. The lowest BCUT2D eigenvalue weighted by atomic mass is 10.1. The molecule has 0 spiro atoms. The molecule has 0 aliphatic rings. The maximum Gasteiger partial charge on any atom is 0.344 e. The molecule has 6 heteroatoms. The number of nitrogens with zero attached hydrogens (tertiary/aromatic N) is 2. The highest BCUT2D eigenvalue weighted by Gasteiger charge is 2.16. The summed E-state index contributed by atoms with van der Waals surface area (Å²) in [6.07, 6.45) is 5.00. The molecule has 0 fully saturated rings. The quantitative estimate of drug-likeness (QED) is 0.591. The summed E-state index contributed by atoms with van der Waals surface area (Å²) in [6.45, 7) is 8.65. The first-order valence-electron chi connectivity index (χ1n) is 9.79. The second-order valence-electron chi connectivity index (χ2n) is 6.74. The molecule has 0 bridgehead atoms. The van der Waals surface area contributed by atoms with Crippen molar-refractivity contribution in [2.75, 3.05) is 13.2 Å². The lowest BCUT2D eigenvalue weighted by Gasteiger charge is -2.23. The zero-order valence-electron chi connectivity index (χ0n) is 16.9. The number of unbranched alkanes of at least 4 members (excludes halogenated alkanes) is 1. The van der Waals surface area contributed by atoms with Gasteiger partial charge in [-0.3, -0.25) is 9.88 Å². The van der Waals surface area contributed by atoms with Gasteiger partial charge in [0.15, 0.2) is 17.6 Å². The third-order valence-corrected chi connectivity index (χ3v) is 4.32. The van der Waals surface area contributed by atoms with Crippen LogP contribution < -0.4 is 9.47 Å². The van der Waals surface area contributed by atoms with Crippen LogP contribution in [0, 0.1) is 0 Å². The van der Waals surface area contributed by atoms with Gasteiger partial charge in [0.2, 0.25) is 0 Å². The van der Waals surface area contributed by atoms with Gasteiger partial charge in [-0.05, 0) is 56.1 Å². The Labute approximate surface area is 167 Å². The Balaban J connectivity index is 2.16. The van der Waals surface area contributed by atoms with Crippen molar-refractivity contribution in [3.8, 4) is 11.5 Å². The van der Waals surface area contributed by atoms with Crippen molar-refractivity contribution in [2.24, 2.45) is 0 Å². The van der Waals surface area contributed by atoms with Gasteiger partial charge in [0.1, 0.15) is 0 Å². The number of aliphatic carboxylic acids is 1. The minimum Gasteiger partial charge on any atom is -0.490 e. The number of pyridine rings is 1. The normalized spacial score (nSPS) is 12.0. The molecule has 2 aromatic rings. The van der Waals surface area contributed by atoms with Crippen molar-refractivity contribution in [1.29, 1.82) is 0 Å². The van der Waals surface area contributed by atoms with Crippen LogP contribution in [0.15, 0.2) is 42.7 Å². The van der Waals surface area contributed by atoms with Crippen LogP contribution in [0.2, 0.25) is 0 Å². The van der Waals surface area contributed by atoms with Crippen LogP contribution in [0.4, 0.5) is 0 Å². The first kappa shape index (κ1) is 21.7. The van der Waals surface area contributed by atoms with Crippen molar-refractivity contribution < 1.29 is 19.4 Å². The lowest BCUT2D eigenvalue weighted by Crippen LogP contribution is -2.24. The topological polar surface area (TPSA) is 71.9 Å². The van der Waals surface area contributed by atoms with Gasteiger partial charge in [0, 0.05) is 25.5 Å². The largest absolute Gasteiger partial charge is 0.490 e. The Morgan fingerprint density at radius 2 is 1.96 bits per heavy atom. The highest BCUT2D eigenvalue weighted by molar-refractivity contribution is 5.72. The van der Waals surface area contributed by atoms with Crippen LogP contribution in [0.25, 0.3) is 0 Å². The second-order valence-corrected chi connectivity index (χ2v) is 6.74. The average Bonchev–Trinajstić information content (AvgIpc) is 2.69. The second kappa shape index (κ2) is 11.3. The molecule has 152 valence electrons. The fourth-order valence-electron chi connectivity index (χ4n) is 2.86. The number of carbonyl (C=O) groups is 1. The van der Waals surface area contributed by atoms with Crippen LogP contribution in [0.3, 0.4) is 0 Å². The summed E-state index contributed by atoms with van der Waals surface area (Å²) in [6, 6.07) is 9.74. The van der Waals surface area contributed by atoms with Crippen LogP contribution in [-0.2, 0) is 17.9 Å². The van der Waals surface area contributed by atoms with Gasteiger partial charge >= 0.3 is 5.97 Å². The number of ether oxygens (including phenoxy) is 2. The molecule has 1 N–H and O–H groups in total. The number of benzene rings is 1. The van der Waals surface area contributed by atoms with E-state index in [1.165, 1.54) is 12.5 Å². The molecule has 0 radical (unpaired) electrons. The summed E-state index contributed by atoms with van der Waals surface area (Å²) < 4.78 is 11.2. The molecule has 28 heavy (non-hydrogen) atoms. The van der Waals surface area contributed by atoms with Crippen LogP contribution in [0.5, 0.6) is 11.5 Å². The van der Waals surface area contributed by atoms with Crippen LogP contribution in [-0.4, -0.2) is 40.2 Å². The first-order chi connectivity index (χ1) is 13.5. The molecule has 6 nitrogen and oxygen atoms in total. The fraction of sp³-hybridized carbons (Fsp3) is 0.455. The Morgan fingerprint density at radius 3 is 2.61 bits per heavy atom. The van der Waals surface area contributed by atoms with E-state index in [1.54, 1.807) is 12.3 Å². The lowest BCUT2D eigenvalue weighted by molar-refractivity contribution is -0.144. The van der Waals surface area contributed by atoms with E-state index in [4.69, 9.17) is 14.6 Å². The van der Waals surface area contributed by atoms with Crippen molar-refractivity contribution in [3.63, 3.8) is 0 Å². The smallest absolute Gasteiger partial charge is 0.344 e. The molecule has 2 rings (SSSR count).